The van der Waals surface area contributed by atoms with E-state index < -0.39 is 24.8 Å². The minimum Gasteiger partial charge on any atom is -0.360 e. The highest BCUT2D eigenvalue weighted by Gasteiger charge is 2.60. The summed E-state index contributed by atoms with van der Waals surface area (Å²) in [6.45, 7) is 5.75. The van der Waals surface area contributed by atoms with E-state index in [2.05, 4.69) is 31.9 Å². The van der Waals surface area contributed by atoms with Gasteiger partial charge in [-0.3, -0.25) is 20.2 Å². The first-order valence-corrected chi connectivity index (χ1v) is 6.34. The second-order valence-corrected chi connectivity index (χ2v) is 7.34. The van der Waals surface area contributed by atoms with Crippen LogP contribution in [0.4, 0.5) is 0 Å². The molecule has 17 heavy (non-hydrogen) atoms. The van der Waals surface area contributed by atoms with Gasteiger partial charge in [0.15, 0.2) is 0 Å². The Balaban J connectivity index is 5.43. The lowest BCUT2D eigenvalue weighted by atomic mass is 10.1. The predicted octanol–water partition coefficient (Wildman–Crippen LogP) is 2.56. The molecule has 0 amide bonds. The van der Waals surface area contributed by atoms with E-state index in [1.54, 1.807) is 13.8 Å². The van der Waals surface area contributed by atoms with Gasteiger partial charge < -0.3 is 4.74 Å². The lowest BCUT2D eigenvalue weighted by molar-refractivity contribution is -0.591. The summed E-state index contributed by atoms with van der Waals surface area (Å²) in [7, 11) is 0. The summed E-state index contributed by atoms with van der Waals surface area (Å²) in [5, 5.41) is 21.9. The van der Waals surface area contributed by atoms with Crippen LogP contribution in [0.25, 0.3) is 0 Å². The molecule has 0 aliphatic rings. The fraction of sp³-hybridized carbons (Fsp3) is 1.00. The van der Waals surface area contributed by atoms with Crippen molar-refractivity contribution >= 4 is 31.9 Å². The molecule has 0 rings (SSSR count). The third-order valence-electron chi connectivity index (χ3n) is 2.08. The highest BCUT2D eigenvalue weighted by atomic mass is 79.9. The molecule has 0 aromatic carbocycles. The molecule has 0 bridgehead atoms. The predicted molar refractivity (Wildman–Crippen MR) is 68.7 cm³/mol. The number of rotatable bonds is 6. The van der Waals surface area contributed by atoms with Gasteiger partial charge in [0.2, 0.25) is 6.10 Å². The smallest absolute Gasteiger partial charge is 0.305 e. The van der Waals surface area contributed by atoms with Gasteiger partial charge in [0, 0.05) is 55.6 Å². The maximum Gasteiger partial charge on any atom is 0.305 e. The molecule has 0 heterocycles. The van der Waals surface area contributed by atoms with Crippen LogP contribution in [-0.4, -0.2) is 31.0 Å². The van der Waals surface area contributed by atoms with Crippen molar-refractivity contribution in [3.63, 3.8) is 0 Å². The Bertz CT molecular complexity index is 293. The topological polar surface area (TPSA) is 95.5 Å². The van der Waals surface area contributed by atoms with Crippen LogP contribution in [0.2, 0.25) is 0 Å². The molecule has 3 atom stereocenters. The molecule has 0 aliphatic heterocycles. The van der Waals surface area contributed by atoms with E-state index in [-0.39, 0.29) is 6.10 Å². The maximum absolute atomic E-state index is 10.9. The molecule has 0 radical (unpaired) electrons. The molecule has 0 saturated carbocycles. The van der Waals surface area contributed by atoms with Gasteiger partial charge in [-0.05, 0) is 13.8 Å². The average molecular weight is 378 g/mol. The van der Waals surface area contributed by atoms with Gasteiger partial charge >= 0.3 is 8.90 Å². The molecule has 0 saturated heterocycles. The van der Waals surface area contributed by atoms with Gasteiger partial charge in [-0.25, -0.2) is 0 Å². The Kier molecular flexibility index (Phi) is 5.48. The fourth-order valence-corrected chi connectivity index (χ4v) is 2.61. The molecule has 0 N–H and O–H groups in total. The monoisotopic (exact) mass is 376 g/mol. The number of nitro groups is 2. The molecule has 0 aliphatic carbocycles. The lowest BCUT2D eigenvalue weighted by Crippen LogP contribution is -2.56. The highest BCUT2D eigenvalue weighted by molar-refractivity contribution is 9.10. The van der Waals surface area contributed by atoms with Crippen molar-refractivity contribution in [1.29, 1.82) is 0 Å². The van der Waals surface area contributed by atoms with Crippen molar-refractivity contribution in [2.24, 2.45) is 0 Å². The van der Waals surface area contributed by atoms with Crippen molar-refractivity contribution in [1.82, 2.24) is 0 Å². The molecule has 0 aromatic heterocycles. The molecule has 0 spiro atoms. The van der Waals surface area contributed by atoms with Crippen LogP contribution in [0.3, 0.4) is 0 Å². The normalized spacial score (nSPS) is 20.4. The lowest BCUT2D eigenvalue weighted by Gasteiger charge is -2.31. The molecule has 7 nitrogen and oxygen atoms in total. The summed E-state index contributed by atoms with van der Waals surface area (Å²) in [6, 6.07) is 0. The SMILES string of the molecule is CC(C)OC([C@](C)(Br)[N+](=O)[O-])[C@@](C)(Br)[N+](=O)[O-]. The fourth-order valence-electron chi connectivity index (χ4n) is 1.19. The van der Waals surface area contributed by atoms with E-state index in [1.165, 1.54) is 13.8 Å². The quantitative estimate of drug-likeness (QED) is 0.306. The van der Waals surface area contributed by atoms with E-state index in [9.17, 15) is 20.2 Å². The van der Waals surface area contributed by atoms with Gasteiger partial charge in [0.1, 0.15) is 0 Å². The first-order chi connectivity index (χ1) is 7.44. The van der Waals surface area contributed by atoms with E-state index in [1.807, 2.05) is 0 Å². The van der Waals surface area contributed by atoms with Gasteiger partial charge in [0.05, 0.1) is 6.10 Å². The minimum absolute atomic E-state index is 0.381. The number of ether oxygens (including phenoxy) is 1. The molecule has 0 fully saturated rings. The van der Waals surface area contributed by atoms with E-state index >= 15 is 0 Å². The average Bonchev–Trinajstić information content (AvgIpc) is 2.12. The standard InChI is InChI=1S/C8H14Br2N2O5/c1-5(2)17-6(7(3,9)11(13)14)8(4,10)12(15)16/h5-6H,1-4H3/t6?,7-,8+. The van der Waals surface area contributed by atoms with Crippen molar-refractivity contribution in [3.8, 4) is 0 Å². The third-order valence-corrected chi connectivity index (χ3v) is 3.49. The van der Waals surface area contributed by atoms with Crippen LogP contribution >= 0.6 is 31.9 Å². The highest BCUT2D eigenvalue weighted by Crippen LogP contribution is 2.38. The minimum atomic E-state index is -1.76. The van der Waals surface area contributed by atoms with Crippen LogP contribution in [-0.2, 0) is 4.74 Å². The Hall–Kier alpha value is -0.280. The second-order valence-electron chi connectivity index (χ2n) is 4.13. The molecule has 100 valence electrons. The van der Waals surface area contributed by atoms with Gasteiger partial charge in [0.25, 0.3) is 0 Å². The Labute approximate surface area is 115 Å². The third kappa shape index (κ3) is 3.85. The van der Waals surface area contributed by atoms with E-state index in [4.69, 9.17) is 4.74 Å². The number of hydrogen-bond acceptors (Lipinski definition) is 5. The molecule has 9 heteroatoms. The van der Waals surface area contributed by atoms with Crippen LogP contribution < -0.4 is 0 Å². The number of halogens is 2. The first-order valence-electron chi connectivity index (χ1n) is 4.76. The maximum atomic E-state index is 10.9. The summed E-state index contributed by atoms with van der Waals surface area (Å²) < 4.78 is 1.80. The summed E-state index contributed by atoms with van der Waals surface area (Å²) in [4.78, 5) is 20.6. The Morgan fingerprint density at radius 1 is 1.06 bits per heavy atom. The molecule has 1 unspecified atom stereocenters. The molecule has 0 aromatic rings. The van der Waals surface area contributed by atoms with Crippen molar-refractivity contribution in [2.75, 3.05) is 0 Å². The summed E-state index contributed by atoms with van der Waals surface area (Å²) in [5.74, 6) is 0. The van der Waals surface area contributed by atoms with E-state index in [0.29, 0.717) is 0 Å². The summed E-state index contributed by atoms with van der Waals surface area (Å²) >= 11 is 5.77. The van der Waals surface area contributed by atoms with Crippen molar-refractivity contribution in [3.05, 3.63) is 20.2 Å². The molecular formula is C8H14Br2N2O5. The largest absolute Gasteiger partial charge is 0.360 e. The number of hydrogen-bond donors (Lipinski definition) is 0. The van der Waals surface area contributed by atoms with E-state index in [0.717, 1.165) is 0 Å². The zero-order valence-corrected chi connectivity index (χ0v) is 13.0. The first kappa shape index (κ1) is 16.7. The Morgan fingerprint density at radius 2 is 1.35 bits per heavy atom. The zero-order valence-electron chi connectivity index (χ0n) is 9.85. The van der Waals surface area contributed by atoms with Crippen LogP contribution in [0.15, 0.2) is 0 Å². The van der Waals surface area contributed by atoms with Crippen molar-refractivity contribution in [2.45, 2.75) is 48.8 Å². The van der Waals surface area contributed by atoms with Gasteiger partial charge in [-0.2, -0.15) is 0 Å². The molecular weight excluding hydrogens is 364 g/mol. The van der Waals surface area contributed by atoms with Crippen LogP contribution in [0, 0.1) is 20.2 Å². The van der Waals surface area contributed by atoms with Crippen LogP contribution in [0.1, 0.15) is 27.7 Å². The van der Waals surface area contributed by atoms with Crippen molar-refractivity contribution < 1.29 is 14.6 Å². The second kappa shape index (κ2) is 5.57. The zero-order chi connectivity index (χ0) is 14.0. The van der Waals surface area contributed by atoms with Crippen LogP contribution in [0.5, 0.6) is 0 Å². The number of nitrogens with zero attached hydrogens (tertiary/aromatic N) is 2. The number of alkyl halides is 2. The van der Waals surface area contributed by atoms with Gasteiger partial charge in [-0.1, -0.05) is 0 Å². The van der Waals surface area contributed by atoms with Gasteiger partial charge in [-0.15, -0.1) is 0 Å². The summed E-state index contributed by atoms with van der Waals surface area (Å²) in [5.41, 5.74) is 0. The summed E-state index contributed by atoms with van der Waals surface area (Å²) in [6.07, 6.45) is -1.66. The Morgan fingerprint density at radius 3 is 1.53 bits per heavy atom.